The molecule has 27 heavy (non-hydrogen) atoms. The lowest BCUT2D eigenvalue weighted by molar-refractivity contribution is -0.117. The largest absolute Gasteiger partial charge is 0.497 e. The Balaban J connectivity index is 1.65. The van der Waals surface area contributed by atoms with Crippen LogP contribution in [0.2, 0.25) is 0 Å². The number of aryl methyl sites for hydroxylation is 1. The molecule has 0 radical (unpaired) electrons. The summed E-state index contributed by atoms with van der Waals surface area (Å²) in [5.74, 6) is 0.803. The number of amides is 2. The summed E-state index contributed by atoms with van der Waals surface area (Å²) in [6, 6.07) is 13.4. The average Bonchev–Trinajstić information content (AvgIpc) is 2.67. The number of fused-ring (bicyclic) bond motifs is 1. The van der Waals surface area contributed by atoms with E-state index in [1.54, 1.807) is 18.9 Å². The van der Waals surface area contributed by atoms with Gasteiger partial charge in [-0.3, -0.25) is 9.59 Å². The molecule has 3 rings (SSSR count). The van der Waals surface area contributed by atoms with Gasteiger partial charge in [0.25, 0.3) is 0 Å². The van der Waals surface area contributed by atoms with Crippen LogP contribution in [-0.2, 0) is 16.0 Å². The fourth-order valence-corrected chi connectivity index (χ4v) is 4.03. The number of ether oxygens (including phenoxy) is 1. The van der Waals surface area contributed by atoms with E-state index in [4.69, 9.17) is 4.74 Å². The van der Waals surface area contributed by atoms with Gasteiger partial charge in [-0.2, -0.15) is 0 Å². The molecule has 142 valence electrons. The minimum absolute atomic E-state index is 0.0463. The number of rotatable bonds is 5. The van der Waals surface area contributed by atoms with Gasteiger partial charge in [-0.1, -0.05) is 0 Å². The van der Waals surface area contributed by atoms with E-state index in [1.165, 1.54) is 11.8 Å². The van der Waals surface area contributed by atoms with Crippen molar-refractivity contribution in [3.8, 4) is 5.75 Å². The van der Waals surface area contributed by atoms with Crippen LogP contribution < -0.4 is 15.0 Å². The second-order valence-electron chi connectivity index (χ2n) is 6.54. The van der Waals surface area contributed by atoms with Crippen molar-refractivity contribution in [3.63, 3.8) is 0 Å². The number of hydrogen-bond acceptors (Lipinski definition) is 4. The summed E-state index contributed by atoms with van der Waals surface area (Å²) in [5.41, 5.74) is 2.82. The lowest BCUT2D eigenvalue weighted by Crippen LogP contribution is -2.33. The van der Waals surface area contributed by atoms with Crippen LogP contribution >= 0.6 is 11.8 Å². The summed E-state index contributed by atoms with van der Waals surface area (Å²) in [6.07, 6.45) is 1.85. The molecule has 1 aliphatic rings. The van der Waals surface area contributed by atoms with Gasteiger partial charge in [0, 0.05) is 29.7 Å². The van der Waals surface area contributed by atoms with Crippen LogP contribution in [0.25, 0.3) is 0 Å². The highest BCUT2D eigenvalue weighted by Gasteiger charge is 2.21. The van der Waals surface area contributed by atoms with Crippen LogP contribution in [0, 0.1) is 0 Å². The highest BCUT2D eigenvalue weighted by Crippen LogP contribution is 2.31. The first-order chi connectivity index (χ1) is 13.0. The third-order valence-corrected chi connectivity index (χ3v) is 5.70. The molecule has 2 aromatic rings. The molecule has 2 aromatic carbocycles. The fraction of sp³-hybridized carbons (Fsp3) is 0.333. The van der Waals surface area contributed by atoms with Gasteiger partial charge in [0.15, 0.2) is 0 Å². The van der Waals surface area contributed by atoms with Gasteiger partial charge in [0.2, 0.25) is 11.8 Å². The summed E-state index contributed by atoms with van der Waals surface area (Å²) in [6.45, 7) is 4.23. The maximum absolute atomic E-state index is 12.6. The SMILES string of the molecule is COc1ccc(SC(C)C(=O)Nc2ccc3c(c2)CCCN3C(C)=O)cc1. The van der Waals surface area contributed by atoms with Crippen molar-refractivity contribution < 1.29 is 14.3 Å². The van der Waals surface area contributed by atoms with E-state index in [2.05, 4.69) is 5.32 Å². The molecule has 0 aliphatic carbocycles. The second kappa shape index (κ2) is 8.48. The first-order valence-electron chi connectivity index (χ1n) is 9.00. The van der Waals surface area contributed by atoms with Gasteiger partial charge < -0.3 is 15.0 Å². The Kier molecular flexibility index (Phi) is 6.06. The maximum Gasteiger partial charge on any atom is 0.237 e. The minimum Gasteiger partial charge on any atom is -0.497 e. The zero-order valence-corrected chi connectivity index (χ0v) is 16.6. The number of anilines is 2. The van der Waals surface area contributed by atoms with Crippen LogP contribution in [0.3, 0.4) is 0 Å². The van der Waals surface area contributed by atoms with Crippen molar-refractivity contribution in [2.45, 2.75) is 36.8 Å². The Hall–Kier alpha value is -2.47. The van der Waals surface area contributed by atoms with E-state index in [0.717, 1.165) is 47.0 Å². The summed E-state index contributed by atoms with van der Waals surface area (Å²) in [7, 11) is 1.63. The predicted molar refractivity (Wildman–Crippen MR) is 110 cm³/mol. The quantitative estimate of drug-likeness (QED) is 0.788. The normalized spacial score (nSPS) is 14.3. The molecule has 0 spiro atoms. The monoisotopic (exact) mass is 384 g/mol. The predicted octanol–water partition coefficient (Wildman–Crippen LogP) is 4.11. The number of thioether (sulfide) groups is 1. The molecule has 1 heterocycles. The van der Waals surface area contributed by atoms with Gasteiger partial charge in [-0.25, -0.2) is 0 Å². The topological polar surface area (TPSA) is 58.6 Å². The number of benzene rings is 2. The summed E-state index contributed by atoms with van der Waals surface area (Å²) in [4.78, 5) is 27.1. The average molecular weight is 385 g/mol. The molecule has 1 unspecified atom stereocenters. The standard InChI is InChI=1S/C21H24N2O3S/c1-14(27-19-9-7-18(26-3)8-10-19)21(25)22-17-6-11-20-16(13-17)5-4-12-23(20)15(2)24/h6-11,13-14H,4-5,12H2,1-3H3,(H,22,25). The molecular formula is C21H24N2O3S. The van der Waals surface area contributed by atoms with Crippen molar-refractivity contribution >= 4 is 35.0 Å². The van der Waals surface area contributed by atoms with Crippen molar-refractivity contribution in [1.82, 2.24) is 0 Å². The fourth-order valence-electron chi connectivity index (χ4n) is 3.16. The van der Waals surface area contributed by atoms with Crippen LogP contribution in [0.5, 0.6) is 5.75 Å². The first-order valence-corrected chi connectivity index (χ1v) is 9.88. The molecule has 0 saturated heterocycles. The van der Waals surface area contributed by atoms with E-state index in [0.29, 0.717) is 0 Å². The van der Waals surface area contributed by atoms with Crippen LogP contribution in [0.1, 0.15) is 25.8 Å². The molecule has 1 atom stereocenters. The first kappa shape index (κ1) is 19.3. The van der Waals surface area contributed by atoms with E-state index in [1.807, 2.05) is 49.4 Å². The smallest absolute Gasteiger partial charge is 0.237 e. The Bertz CT molecular complexity index is 836. The van der Waals surface area contributed by atoms with E-state index in [9.17, 15) is 9.59 Å². The molecule has 0 aromatic heterocycles. The number of carbonyl (C=O) groups excluding carboxylic acids is 2. The zero-order valence-electron chi connectivity index (χ0n) is 15.8. The van der Waals surface area contributed by atoms with Gasteiger partial charge in [0.05, 0.1) is 12.4 Å². The van der Waals surface area contributed by atoms with Crippen molar-refractivity contribution in [2.24, 2.45) is 0 Å². The second-order valence-corrected chi connectivity index (χ2v) is 7.96. The molecule has 0 saturated carbocycles. The van der Waals surface area contributed by atoms with Crippen LogP contribution in [-0.4, -0.2) is 30.7 Å². The number of methoxy groups -OCH3 is 1. The van der Waals surface area contributed by atoms with E-state index in [-0.39, 0.29) is 17.1 Å². The highest BCUT2D eigenvalue weighted by atomic mass is 32.2. The van der Waals surface area contributed by atoms with E-state index < -0.39 is 0 Å². The van der Waals surface area contributed by atoms with Gasteiger partial charge in [0.1, 0.15) is 5.75 Å². The number of nitrogens with zero attached hydrogens (tertiary/aromatic N) is 1. The molecule has 0 bridgehead atoms. The molecule has 0 fully saturated rings. The van der Waals surface area contributed by atoms with Crippen molar-refractivity contribution in [1.29, 1.82) is 0 Å². The zero-order chi connectivity index (χ0) is 19.4. The van der Waals surface area contributed by atoms with Crippen molar-refractivity contribution in [3.05, 3.63) is 48.0 Å². The molecule has 1 aliphatic heterocycles. The van der Waals surface area contributed by atoms with Crippen molar-refractivity contribution in [2.75, 3.05) is 23.9 Å². The lowest BCUT2D eigenvalue weighted by Gasteiger charge is -2.29. The lowest BCUT2D eigenvalue weighted by atomic mass is 10.0. The molecule has 5 nitrogen and oxygen atoms in total. The molecule has 1 N–H and O–H groups in total. The Morgan fingerprint density at radius 3 is 2.59 bits per heavy atom. The molecule has 6 heteroatoms. The van der Waals surface area contributed by atoms with Crippen LogP contribution in [0.4, 0.5) is 11.4 Å². The van der Waals surface area contributed by atoms with Crippen LogP contribution in [0.15, 0.2) is 47.4 Å². The number of hydrogen-bond donors (Lipinski definition) is 1. The maximum atomic E-state index is 12.6. The third-order valence-electron chi connectivity index (χ3n) is 4.59. The number of nitrogens with one attached hydrogen (secondary N) is 1. The molecular weight excluding hydrogens is 360 g/mol. The Morgan fingerprint density at radius 1 is 1.19 bits per heavy atom. The van der Waals surface area contributed by atoms with Gasteiger partial charge >= 0.3 is 0 Å². The Morgan fingerprint density at radius 2 is 1.93 bits per heavy atom. The van der Waals surface area contributed by atoms with Gasteiger partial charge in [-0.15, -0.1) is 11.8 Å². The summed E-state index contributed by atoms with van der Waals surface area (Å²) < 4.78 is 5.16. The molecule has 2 amide bonds. The van der Waals surface area contributed by atoms with Gasteiger partial charge in [-0.05, 0) is 67.8 Å². The summed E-state index contributed by atoms with van der Waals surface area (Å²) in [5, 5.41) is 2.76. The summed E-state index contributed by atoms with van der Waals surface area (Å²) >= 11 is 1.50. The highest BCUT2D eigenvalue weighted by molar-refractivity contribution is 8.00. The van der Waals surface area contributed by atoms with E-state index >= 15 is 0 Å². The Labute approximate surface area is 164 Å². The minimum atomic E-state index is -0.233. The third kappa shape index (κ3) is 4.63. The number of carbonyl (C=O) groups is 2.